The highest BCUT2D eigenvalue weighted by molar-refractivity contribution is 8.00. The largest absolute Gasteiger partial charge is 0.493 e. The van der Waals surface area contributed by atoms with Gasteiger partial charge in [-0.2, -0.15) is 5.10 Å². The Labute approximate surface area is 251 Å². The number of anilines is 1. The molecule has 9 heteroatoms. The minimum Gasteiger partial charge on any atom is -0.493 e. The van der Waals surface area contributed by atoms with Gasteiger partial charge in [-0.15, -0.1) is 11.8 Å². The number of rotatable bonds is 9. The lowest BCUT2D eigenvalue weighted by Gasteiger charge is -2.24. The first-order chi connectivity index (χ1) is 20.3. The van der Waals surface area contributed by atoms with Gasteiger partial charge >= 0.3 is 0 Å². The van der Waals surface area contributed by atoms with E-state index in [0.29, 0.717) is 17.3 Å². The molecule has 2 unspecified atom stereocenters. The zero-order valence-corrected chi connectivity index (χ0v) is 25.4. The number of nitrogens with zero attached hydrogens (tertiary/aromatic N) is 3. The number of benzene rings is 3. The Morgan fingerprint density at radius 3 is 2.50 bits per heavy atom. The van der Waals surface area contributed by atoms with Crippen LogP contribution in [0.5, 0.6) is 11.5 Å². The third-order valence-corrected chi connectivity index (χ3v) is 8.67. The van der Waals surface area contributed by atoms with Crippen molar-refractivity contribution in [3.8, 4) is 28.4 Å². The molecule has 0 fully saturated rings. The Balaban J connectivity index is 1.79. The van der Waals surface area contributed by atoms with Gasteiger partial charge in [0.05, 0.1) is 36.6 Å². The molecule has 42 heavy (non-hydrogen) atoms. The molecule has 2 heterocycles. The molecule has 2 atom stereocenters. The van der Waals surface area contributed by atoms with E-state index in [1.54, 1.807) is 19.1 Å². The van der Waals surface area contributed by atoms with Gasteiger partial charge in [-0.3, -0.25) is 14.5 Å². The normalized spacial score (nSPS) is 15.5. The lowest BCUT2D eigenvalue weighted by Crippen LogP contribution is -2.44. The third kappa shape index (κ3) is 5.87. The minimum atomic E-state index is -0.278. The molecule has 0 bridgehead atoms. The van der Waals surface area contributed by atoms with E-state index in [9.17, 15) is 9.59 Å². The number of aryl methyl sites for hydroxylation is 1. The predicted octanol–water partition coefficient (Wildman–Crippen LogP) is 5.95. The van der Waals surface area contributed by atoms with E-state index in [4.69, 9.17) is 14.6 Å². The third-order valence-electron chi connectivity index (χ3n) is 7.41. The van der Waals surface area contributed by atoms with Crippen LogP contribution in [0.3, 0.4) is 0 Å². The lowest BCUT2D eigenvalue weighted by molar-refractivity contribution is -0.123. The molecule has 1 aromatic heterocycles. The Morgan fingerprint density at radius 2 is 1.81 bits per heavy atom. The highest BCUT2D eigenvalue weighted by Crippen LogP contribution is 2.49. The molecule has 1 aliphatic heterocycles. The van der Waals surface area contributed by atoms with Crippen LogP contribution in [0.2, 0.25) is 0 Å². The zero-order valence-electron chi connectivity index (χ0n) is 24.6. The fourth-order valence-corrected chi connectivity index (χ4v) is 6.30. The fraction of sp³-hybridized carbons (Fsp3) is 0.303. The van der Waals surface area contributed by atoms with Gasteiger partial charge in [0.1, 0.15) is 12.4 Å². The summed E-state index contributed by atoms with van der Waals surface area (Å²) in [6.45, 7) is 5.89. The van der Waals surface area contributed by atoms with Crippen LogP contribution in [-0.4, -0.2) is 54.2 Å². The van der Waals surface area contributed by atoms with Crippen LogP contribution in [0, 0.1) is 6.92 Å². The molecule has 0 aliphatic carbocycles. The van der Waals surface area contributed by atoms with Gasteiger partial charge in [-0.25, -0.2) is 4.68 Å². The van der Waals surface area contributed by atoms with Gasteiger partial charge in [0.25, 0.3) is 0 Å². The second kappa shape index (κ2) is 12.7. The van der Waals surface area contributed by atoms with E-state index in [1.165, 1.54) is 11.8 Å². The molecular formula is C33H36N4O4S. The second-order valence-corrected chi connectivity index (χ2v) is 11.5. The van der Waals surface area contributed by atoms with Crippen LogP contribution in [0.15, 0.2) is 72.8 Å². The van der Waals surface area contributed by atoms with Crippen LogP contribution >= 0.6 is 11.8 Å². The van der Waals surface area contributed by atoms with E-state index in [0.717, 1.165) is 40.1 Å². The van der Waals surface area contributed by atoms with Gasteiger partial charge in [0.15, 0.2) is 11.5 Å². The number of ether oxygens (including phenoxy) is 2. The maximum Gasteiger partial charge on any atom is 0.240 e. The second-order valence-electron chi connectivity index (χ2n) is 10.4. The summed E-state index contributed by atoms with van der Waals surface area (Å²) in [6, 6.07) is 23.8. The van der Waals surface area contributed by atoms with Crippen LogP contribution in [0.25, 0.3) is 16.9 Å². The number of hydrogen-bond donors (Lipinski definition) is 1. The van der Waals surface area contributed by atoms with Crippen molar-refractivity contribution in [1.29, 1.82) is 0 Å². The Kier molecular flexibility index (Phi) is 8.87. The average molecular weight is 585 g/mol. The highest BCUT2D eigenvalue weighted by atomic mass is 32.2. The van der Waals surface area contributed by atoms with Crippen molar-refractivity contribution in [3.63, 3.8) is 0 Å². The van der Waals surface area contributed by atoms with Crippen molar-refractivity contribution in [2.75, 3.05) is 31.4 Å². The summed E-state index contributed by atoms with van der Waals surface area (Å²) in [5, 5.41) is 7.91. The van der Waals surface area contributed by atoms with Crippen LogP contribution in [0.4, 0.5) is 5.82 Å². The first-order valence-corrected chi connectivity index (χ1v) is 15.1. The van der Waals surface area contributed by atoms with Gasteiger partial charge in [-0.05, 0) is 55.7 Å². The van der Waals surface area contributed by atoms with Crippen molar-refractivity contribution in [2.45, 2.75) is 38.5 Å². The summed E-state index contributed by atoms with van der Waals surface area (Å²) in [5.41, 5.74) is 5.35. The van der Waals surface area contributed by atoms with Gasteiger partial charge in [0.2, 0.25) is 11.8 Å². The Morgan fingerprint density at radius 1 is 1.05 bits per heavy atom. The maximum absolute atomic E-state index is 13.9. The van der Waals surface area contributed by atoms with Gasteiger partial charge < -0.3 is 14.8 Å². The van der Waals surface area contributed by atoms with Crippen molar-refractivity contribution in [1.82, 2.24) is 15.1 Å². The number of fused-ring (bicyclic) bond motifs is 1. The molecule has 4 aromatic rings. The molecule has 0 radical (unpaired) electrons. The number of carbonyl (C=O) groups excluding carboxylic acids is 2. The molecule has 0 saturated carbocycles. The van der Waals surface area contributed by atoms with Crippen LogP contribution in [-0.2, 0) is 9.59 Å². The molecule has 3 aromatic carbocycles. The highest BCUT2D eigenvalue weighted by Gasteiger charge is 2.38. The lowest BCUT2D eigenvalue weighted by atomic mass is 9.99. The van der Waals surface area contributed by atoms with E-state index >= 15 is 0 Å². The minimum absolute atomic E-state index is 0.00509. The van der Waals surface area contributed by atoms with Crippen molar-refractivity contribution in [3.05, 3.63) is 89.5 Å². The summed E-state index contributed by atoms with van der Waals surface area (Å²) in [7, 11) is 3.22. The van der Waals surface area contributed by atoms with Gasteiger partial charge in [-0.1, -0.05) is 55.5 Å². The summed E-state index contributed by atoms with van der Waals surface area (Å²) >= 11 is 1.52. The van der Waals surface area contributed by atoms with E-state index in [-0.39, 0.29) is 35.4 Å². The standard InChI is InChI=1S/C33H36N4O4S/c1-6-22(3)34-28(38)19-36-29(39)20-42-32(24-15-16-26(40-4)27(18-24)41-5)30-31(23-12-8-7-9-13-23)35-37(33(30)36)25-14-10-11-21(2)17-25/h7-18,22,32H,6,19-20H2,1-5H3,(H,34,38). The summed E-state index contributed by atoms with van der Waals surface area (Å²) in [5.74, 6) is 1.64. The number of amides is 2. The summed E-state index contributed by atoms with van der Waals surface area (Å²) in [6.07, 6.45) is 0.793. The number of hydrogen-bond acceptors (Lipinski definition) is 6. The number of thioether (sulfide) groups is 1. The molecule has 0 spiro atoms. The van der Waals surface area contributed by atoms with Crippen LogP contribution in [0.1, 0.15) is 42.2 Å². The maximum atomic E-state index is 13.9. The molecule has 0 saturated heterocycles. The smallest absolute Gasteiger partial charge is 0.240 e. The van der Waals surface area contributed by atoms with Crippen molar-refractivity contribution in [2.24, 2.45) is 0 Å². The fourth-order valence-electron chi connectivity index (χ4n) is 5.11. The van der Waals surface area contributed by atoms with Crippen molar-refractivity contribution >= 4 is 29.4 Å². The van der Waals surface area contributed by atoms with Gasteiger partial charge in [0, 0.05) is 17.2 Å². The average Bonchev–Trinajstić information content (AvgIpc) is 3.33. The topological polar surface area (TPSA) is 85.7 Å². The Bertz CT molecular complexity index is 1590. The van der Waals surface area contributed by atoms with E-state index in [1.807, 2.05) is 98.2 Å². The number of aromatic nitrogens is 2. The zero-order chi connectivity index (χ0) is 29.8. The van der Waals surface area contributed by atoms with Crippen molar-refractivity contribution < 1.29 is 19.1 Å². The molecule has 218 valence electrons. The number of carbonyl (C=O) groups is 2. The SMILES string of the molecule is CCC(C)NC(=O)CN1C(=O)CSC(c2ccc(OC)c(OC)c2)c2c(-c3ccccc3)nn(-c3cccc(C)c3)c21. The quantitative estimate of drug-likeness (QED) is 0.262. The predicted molar refractivity (Wildman–Crippen MR) is 168 cm³/mol. The molecular weight excluding hydrogens is 548 g/mol. The summed E-state index contributed by atoms with van der Waals surface area (Å²) < 4.78 is 13.0. The Hall–Kier alpha value is -4.24. The number of nitrogens with one attached hydrogen (secondary N) is 1. The van der Waals surface area contributed by atoms with Crippen LogP contribution < -0.4 is 19.7 Å². The number of methoxy groups -OCH3 is 2. The molecule has 5 rings (SSSR count). The first kappa shape index (κ1) is 29.3. The van der Waals surface area contributed by atoms with E-state index in [2.05, 4.69) is 5.32 Å². The van der Waals surface area contributed by atoms with E-state index < -0.39 is 0 Å². The first-order valence-electron chi connectivity index (χ1n) is 14.0. The molecule has 2 amide bonds. The molecule has 1 N–H and O–H groups in total. The molecule has 1 aliphatic rings. The summed E-state index contributed by atoms with van der Waals surface area (Å²) in [4.78, 5) is 28.8. The molecule has 8 nitrogen and oxygen atoms in total. The monoisotopic (exact) mass is 584 g/mol.